The average Bonchev–Trinajstić information content (AvgIpc) is 1.83. The van der Waals surface area contributed by atoms with Gasteiger partial charge in [0.15, 0.2) is 0 Å². The minimum atomic E-state index is 0.0244. The first kappa shape index (κ1) is 7.27. The van der Waals surface area contributed by atoms with Gasteiger partial charge in [0.1, 0.15) is 4.05 Å². The maximum absolute atomic E-state index is 10.8. The van der Waals surface area contributed by atoms with Crippen molar-refractivity contribution in [3.63, 3.8) is 0 Å². The number of rotatable bonds is 0. The minimum absolute atomic E-state index is 0.0244. The second-order valence-electron chi connectivity index (χ2n) is 2.11. The summed E-state index contributed by atoms with van der Waals surface area (Å²) in [5.41, 5.74) is 0. The minimum Gasteiger partial charge on any atom is -0.353 e. The lowest BCUT2D eigenvalue weighted by atomic mass is 10.4. The van der Waals surface area contributed by atoms with Gasteiger partial charge < -0.3 is 5.32 Å². The lowest BCUT2D eigenvalue weighted by molar-refractivity contribution is -0.124. The number of likely N-dealkylation sites (N-methyl/N-ethyl adjacent to an activating group) is 1. The van der Waals surface area contributed by atoms with Crippen LogP contribution in [0.3, 0.4) is 0 Å². The molecule has 0 aliphatic carbocycles. The van der Waals surface area contributed by atoms with Gasteiger partial charge in [0.2, 0.25) is 5.91 Å². The van der Waals surface area contributed by atoms with Crippen molar-refractivity contribution in [2.45, 2.75) is 4.05 Å². The van der Waals surface area contributed by atoms with Crippen molar-refractivity contribution in [3.05, 3.63) is 0 Å². The van der Waals surface area contributed by atoms with Gasteiger partial charge in [0, 0.05) is 13.1 Å². The molecule has 1 saturated heterocycles. The fourth-order valence-corrected chi connectivity index (χ4v) is 1.25. The zero-order valence-electron chi connectivity index (χ0n) is 5.22. The first-order valence-electron chi connectivity index (χ1n) is 2.84. The van der Waals surface area contributed by atoms with Gasteiger partial charge in [0.25, 0.3) is 0 Å². The summed E-state index contributed by atoms with van der Waals surface area (Å²) in [6.07, 6.45) is 0. The van der Waals surface area contributed by atoms with Crippen LogP contribution in [0.15, 0.2) is 0 Å². The van der Waals surface area contributed by atoms with Crippen molar-refractivity contribution in [3.8, 4) is 0 Å². The Bertz CT molecular complexity index is 128. The fourth-order valence-electron chi connectivity index (χ4n) is 0.753. The monoisotopic (exact) mass is 240 g/mol. The highest BCUT2D eigenvalue weighted by atomic mass is 127. The van der Waals surface area contributed by atoms with Gasteiger partial charge in [-0.05, 0) is 7.05 Å². The normalized spacial score (nSPS) is 30.0. The molecule has 0 aromatic carbocycles. The van der Waals surface area contributed by atoms with Crippen LogP contribution in [-0.4, -0.2) is 35.0 Å². The van der Waals surface area contributed by atoms with Gasteiger partial charge in [-0.25, -0.2) is 0 Å². The molecule has 0 aromatic heterocycles. The molecule has 1 N–H and O–H groups in total. The van der Waals surface area contributed by atoms with Crippen LogP contribution >= 0.6 is 22.6 Å². The number of hydrogen-bond donors (Lipinski definition) is 1. The molecular weight excluding hydrogens is 231 g/mol. The lowest BCUT2D eigenvalue weighted by Crippen LogP contribution is -2.50. The van der Waals surface area contributed by atoms with Crippen LogP contribution < -0.4 is 5.32 Å². The predicted octanol–water partition coefficient (Wildman–Crippen LogP) is -0.191. The number of carbonyl (C=O) groups excluding carboxylic acids is 1. The van der Waals surface area contributed by atoms with Crippen molar-refractivity contribution >= 4 is 28.5 Å². The molecule has 1 fully saturated rings. The highest BCUT2D eigenvalue weighted by molar-refractivity contribution is 14.1. The van der Waals surface area contributed by atoms with Crippen LogP contribution in [0.4, 0.5) is 0 Å². The molecule has 0 aromatic rings. The maximum atomic E-state index is 10.8. The molecule has 1 aliphatic rings. The van der Waals surface area contributed by atoms with E-state index in [1.54, 1.807) is 0 Å². The summed E-state index contributed by atoms with van der Waals surface area (Å²) >= 11 is 2.12. The van der Waals surface area contributed by atoms with Crippen LogP contribution in [0.5, 0.6) is 0 Å². The molecule has 0 bridgehead atoms. The van der Waals surface area contributed by atoms with Crippen LogP contribution in [0.1, 0.15) is 0 Å². The molecular formula is C5H9IN2O. The van der Waals surface area contributed by atoms with Gasteiger partial charge in [-0.15, -0.1) is 0 Å². The molecule has 9 heavy (non-hydrogen) atoms. The van der Waals surface area contributed by atoms with Crippen LogP contribution in [0.25, 0.3) is 0 Å². The van der Waals surface area contributed by atoms with E-state index in [0.717, 1.165) is 13.1 Å². The van der Waals surface area contributed by atoms with Gasteiger partial charge in [-0.3, -0.25) is 9.69 Å². The first-order valence-corrected chi connectivity index (χ1v) is 4.08. The van der Waals surface area contributed by atoms with Crippen LogP contribution in [-0.2, 0) is 4.79 Å². The molecule has 0 spiro atoms. The molecule has 1 heterocycles. The van der Waals surface area contributed by atoms with E-state index in [9.17, 15) is 4.79 Å². The third-order valence-electron chi connectivity index (χ3n) is 1.37. The Kier molecular flexibility index (Phi) is 2.29. The van der Waals surface area contributed by atoms with Crippen molar-refractivity contribution in [1.82, 2.24) is 10.2 Å². The van der Waals surface area contributed by atoms with E-state index in [1.165, 1.54) is 0 Å². The Balaban J connectivity index is 2.51. The SMILES string of the molecule is CN1CCNC(=O)C1I. The number of piperazine rings is 1. The third-order valence-corrected chi connectivity index (χ3v) is 2.88. The van der Waals surface area contributed by atoms with E-state index in [0.29, 0.717) is 0 Å². The molecule has 0 saturated carbocycles. The molecule has 1 unspecified atom stereocenters. The van der Waals surface area contributed by atoms with E-state index in [4.69, 9.17) is 0 Å². The molecule has 1 amide bonds. The van der Waals surface area contributed by atoms with Crippen molar-refractivity contribution in [1.29, 1.82) is 0 Å². The molecule has 3 nitrogen and oxygen atoms in total. The smallest absolute Gasteiger partial charge is 0.247 e. The summed E-state index contributed by atoms with van der Waals surface area (Å²) in [6.45, 7) is 1.74. The quantitative estimate of drug-likeness (QED) is 0.361. The summed E-state index contributed by atoms with van der Waals surface area (Å²) in [4.78, 5) is 12.9. The van der Waals surface area contributed by atoms with Crippen molar-refractivity contribution in [2.75, 3.05) is 20.1 Å². The molecule has 1 aliphatic heterocycles. The number of halogens is 1. The van der Waals surface area contributed by atoms with Gasteiger partial charge in [-0.1, -0.05) is 22.6 Å². The Morgan fingerprint density at radius 2 is 2.56 bits per heavy atom. The van der Waals surface area contributed by atoms with Gasteiger partial charge in [-0.2, -0.15) is 0 Å². The molecule has 0 radical (unpaired) electrons. The fraction of sp³-hybridized carbons (Fsp3) is 0.800. The molecule has 1 atom stereocenters. The van der Waals surface area contributed by atoms with Crippen LogP contribution in [0, 0.1) is 0 Å². The Morgan fingerprint density at radius 1 is 1.89 bits per heavy atom. The topological polar surface area (TPSA) is 32.3 Å². The number of hydrogen-bond acceptors (Lipinski definition) is 2. The molecule has 1 rings (SSSR count). The highest BCUT2D eigenvalue weighted by Crippen LogP contribution is 2.07. The summed E-state index contributed by atoms with van der Waals surface area (Å²) < 4.78 is 0.0244. The number of carbonyl (C=O) groups is 1. The standard InChI is InChI=1S/C5H9IN2O/c1-8-3-2-7-5(9)4(8)6/h4H,2-3H2,1H3,(H,7,9). The van der Waals surface area contributed by atoms with Gasteiger partial charge in [0.05, 0.1) is 0 Å². The number of nitrogens with zero attached hydrogens (tertiary/aromatic N) is 1. The molecule has 52 valence electrons. The number of amides is 1. The largest absolute Gasteiger partial charge is 0.353 e. The summed E-state index contributed by atoms with van der Waals surface area (Å²) in [5, 5.41) is 2.77. The van der Waals surface area contributed by atoms with E-state index < -0.39 is 0 Å². The Morgan fingerprint density at radius 3 is 3.00 bits per heavy atom. The zero-order valence-corrected chi connectivity index (χ0v) is 7.38. The Hall–Kier alpha value is 0.160. The number of alkyl halides is 1. The average molecular weight is 240 g/mol. The maximum Gasteiger partial charge on any atom is 0.247 e. The van der Waals surface area contributed by atoms with E-state index in [2.05, 4.69) is 27.9 Å². The Labute approximate surface area is 67.9 Å². The summed E-state index contributed by atoms with van der Waals surface area (Å²) in [7, 11) is 1.95. The van der Waals surface area contributed by atoms with E-state index in [1.807, 2.05) is 11.9 Å². The van der Waals surface area contributed by atoms with E-state index in [-0.39, 0.29) is 9.96 Å². The van der Waals surface area contributed by atoms with Crippen molar-refractivity contribution in [2.24, 2.45) is 0 Å². The second-order valence-corrected chi connectivity index (χ2v) is 3.29. The summed E-state index contributed by atoms with van der Waals surface area (Å²) in [6, 6.07) is 0. The van der Waals surface area contributed by atoms with Gasteiger partial charge >= 0.3 is 0 Å². The predicted molar refractivity (Wildman–Crippen MR) is 43.4 cm³/mol. The lowest BCUT2D eigenvalue weighted by Gasteiger charge is -2.27. The second kappa shape index (κ2) is 2.83. The van der Waals surface area contributed by atoms with E-state index >= 15 is 0 Å². The van der Waals surface area contributed by atoms with Crippen LogP contribution in [0.2, 0.25) is 0 Å². The number of nitrogens with one attached hydrogen (secondary N) is 1. The summed E-state index contributed by atoms with van der Waals surface area (Å²) in [5.74, 6) is 0.129. The first-order chi connectivity index (χ1) is 4.22. The third kappa shape index (κ3) is 1.54. The molecule has 4 heteroatoms. The zero-order chi connectivity index (χ0) is 6.85. The highest BCUT2D eigenvalue weighted by Gasteiger charge is 2.22. The van der Waals surface area contributed by atoms with Crippen molar-refractivity contribution < 1.29 is 4.79 Å².